The van der Waals surface area contributed by atoms with Crippen LogP contribution in [0.5, 0.6) is 17.2 Å². The molecule has 6 nitrogen and oxygen atoms in total. The molecule has 106 valence electrons. The van der Waals surface area contributed by atoms with Gasteiger partial charge in [0, 0.05) is 12.1 Å². The fourth-order valence-corrected chi connectivity index (χ4v) is 1.65. The molecule has 0 aliphatic rings. The Morgan fingerprint density at radius 1 is 1.21 bits per heavy atom. The molecule has 1 atom stereocenters. The summed E-state index contributed by atoms with van der Waals surface area (Å²) < 4.78 is 15.8. The van der Waals surface area contributed by atoms with E-state index in [4.69, 9.17) is 19.9 Å². The second kappa shape index (κ2) is 6.84. The van der Waals surface area contributed by atoms with Gasteiger partial charge in [0.05, 0.1) is 27.4 Å². The van der Waals surface area contributed by atoms with Crippen LogP contribution < -0.4 is 25.3 Å². The molecule has 0 bridgehead atoms. The fraction of sp³-hybridized carbons (Fsp3) is 0.462. The summed E-state index contributed by atoms with van der Waals surface area (Å²) in [6.07, 6.45) is 0. The van der Waals surface area contributed by atoms with Gasteiger partial charge in [-0.3, -0.25) is 4.79 Å². The van der Waals surface area contributed by atoms with Gasteiger partial charge in [-0.05, 0) is 19.1 Å². The monoisotopic (exact) mass is 268 g/mol. The van der Waals surface area contributed by atoms with E-state index in [-0.39, 0.29) is 5.91 Å². The third-order valence-electron chi connectivity index (χ3n) is 2.65. The van der Waals surface area contributed by atoms with Crippen LogP contribution in [-0.2, 0) is 11.3 Å². The molecule has 1 rings (SSSR count). The Hall–Kier alpha value is -1.95. The number of carbonyl (C=O) groups excluding carboxylic acids is 1. The van der Waals surface area contributed by atoms with E-state index in [1.165, 1.54) is 14.2 Å². The lowest BCUT2D eigenvalue weighted by Gasteiger charge is -2.16. The molecule has 0 aliphatic carbocycles. The summed E-state index contributed by atoms with van der Waals surface area (Å²) in [6.45, 7) is 1.94. The van der Waals surface area contributed by atoms with Crippen molar-refractivity contribution in [2.75, 3.05) is 21.3 Å². The molecule has 0 heterocycles. The van der Waals surface area contributed by atoms with Gasteiger partial charge >= 0.3 is 0 Å². The maximum atomic E-state index is 11.5. The lowest BCUT2D eigenvalue weighted by molar-refractivity contribution is -0.122. The van der Waals surface area contributed by atoms with E-state index in [1.54, 1.807) is 20.1 Å². The highest BCUT2D eigenvalue weighted by atomic mass is 16.5. The largest absolute Gasteiger partial charge is 0.493 e. The lowest BCUT2D eigenvalue weighted by atomic mass is 10.1. The van der Waals surface area contributed by atoms with Crippen LogP contribution in [0.15, 0.2) is 12.1 Å². The molecule has 0 radical (unpaired) electrons. The zero-order valence-electron chi connectivity index (χ0n) is 11.6. The Labute approximate surface area is 112 Å². The summed E-state index contributed by atoms with van der Waals surface area (Å²) in [7, 11) is 4.62. The average Bonchev–Trinajstić information content (AvgIpc) is 2.42. The van der Waals surface area contributed by atoms with E-state index in [0.29, 0.717) is 23.8 Å². The van der Waals surface area contributed by atoms with Crippen LogP contribution in [0.4, 0.5) is 0 Å². The van der Waals surface area contributed by atoms with Crippen LogP contribution in [0.2, 0.25) is 0 Å². The number of amides is 1. The van der Waals surface area contributed by atoms with Gasteiger partial charge in [0.2, 0.25) is 11.7 Å². The van der Waals surface area contributed by atoms with Crippen LogP contribution in [0.1, 0.15) is 12.5 Å². The van der Waals surface area contributed by atoms with Gasteiger partial charge in [0.25, 0.3) is 0 Å². The first kappa shape index (κ1) is 15.1. The Bertz CT molecular complexity index is 447. The van der Waals surface area contributed by atoms with Gasteiger partial charge in [-0.1, -0.05) is 0 Å². The second-order valence-electron chi connectivity index (χ2n) is 4.00. The highest BCUT2D eigenvalue weighted by Crippen LogP contribution is 2.39. The number of benzene rings is 1. The number of methoxy groups -OCH3 is 3. The smallest absolute Gasteiger partial charge is 0.236 e. The normalized spacial score (nSPS) is 11.6. The average molecular weight is 268 g/mol. The lowest BCUT2D eigenvalue weighted by Crippen LogP contribution is -2.37. The van der Waals surface area contributed by atoms with Crippen molar-refractivity contribution >= 4 is 5.91 Å². The number of nitrogens with one attached hydrogen (secondary N) is 1. The minimum absolute atomic E-state index is 0.225. The molecule has 0 unspecified atom stereocenters. The Morgan fingerprint density at radius 2 is 1.84 bits per heavy atom. The van der Waals surface area contributed by atoms with E-state index in [2.05, 4.69) is 5.32 Å². The first-order valence-corrected chi connectivity index (χ1v) is 5.86. The SMILES string of the molecule is COc1ccc(CNC(=O)[C@@H](C)N)c(OC)c1OC. The Kier molecular flexibility index (Phi) is 5.44. The molecule has 0 aromatic heterocycles. The van der Waals surface area contributed by atoms with E-state index < -0.39 is 6.04 Å². The predicted molar refractivity (Wildman–Crippen MR) is 71.6 cm³/mol. The topological polar surface area (TPSA) is 82.8 Å². The first-order chi connectivity index (χ1) is 9.04. The van der Waals surface area contributed by atoms with Gasteiger partial charge in [-0.25, -0.2) is 0 Å². The van der Waals surface area contributed by atoms with Crippen molar-refractivity contribution in [2.24, 2.45) is 5.73 Å². The highest BCUT2D eigenvalue weighted by Gasteiger charge is 2.16. The summed E-state index contributed by atoms with van der Waals surface area (Å²) in [5.74, 6) is 1.38. The summed E-state index contributed by atoms with van der Waals surface area (Å²) in [6, 6.07) is 3.02. The van der Waals surface area contributed by atoms with E-state index in [9.17, 15) is 4.79 Å². The van der Waals surface area contributed by atoms with E-state index in [1.807, 2.05) is 6.07 Å². The van der Waals surface area contributed by atoms with Crippen molar-refractivity contribution < 1.29 is 19.0 Å². The predicted octanol–water partition coefficient (Wildman–Crippen LogP) is 0.676. The summed E-state index contributed by atoms with van der Waals surface area (Å²) in [5, 5.41) is 2.72. The van der Waals surface area contributed by atoms with Crippen molar-refractivity contribution in [3.05, 3.63) is 17.7 Å². The van der Waals surface area contributed by atoms with Crippen LogP contribution in [0, 0.1) is 0 Å². The summed E-state index contributed by atoms with van der Waals surface area (Å²) in [5.41, 5.74) is 6.27. The van der Waals surface area contributed by atoms with E-state index in [0.717, 1.165) is 5.56 Å². The van der Waals surface area contributed by atoms with Crippen molar-refractivity contribution in [1.82, 2.24) is 5.32 Å². The number of rotatable bonds is 6. The molecular weight excluding hydrogens is 248 g/mol. The number of ether oxygens (including phenoxy) is 3. The molecular formula is C13H20N2O4. The van der Waals surface area contributed by atoms with Crippen molar-refractivity contribution in [3.8, 4) is 17.2 Å². The third-order valence-corrected chi connectivity index (χ3v) is 2.65. The number of hydrogen-bond donors (Lipinski definition) is 2. The quantitative estimate of drug-likeness (QED) is 0.792. The van der Waals surface area contributed by atoms with Crippen LogP contribution >= 0.6 is 0 Å². The number of nitrogens with two attached hydrogens (primary N) is 1. The molecule has 0 saturated carbocycles. The molecule has 0 aliphatic heterocycles. The van der Waals surface area contributed by atoms with Crippen molar-refractivity contribution in [1.29, 1.82) is 0 Å². The summed E-state index contributed by atoms with van der Waals surface area (Å²) >= 11 is 0. The molecule has 1 aromatic carbocycles. The molecule has 0 saturated heterocycles. The third kappa shape index (κ3) is 3.51. The highest BCUT2D eigenvalue weighted by molar-refractivity contribution is 5.81. The Morgan fingerprint density at radius 3 is 2.32 bits per heavy atom. The van der Waals surface area contributed by atoms with Crippen LogP contribution in [0.25, 0.3) is 0 Å². The zero-order chi connectivity index (χ0) is 14.4. The second-order valence-corrected chi connectivity index (χ2v) is 4.00. The molecule has 3 N–H and O–H groups in total. The molecule has 0 fully saturated rings. The van der Waals surface area contributed by atoms with Crippen molar-refractivity contribution in [2.45, 2.75) is 19.5 Å². The Balaban J connectivity index is 2.98. The maximum Gasteiger partial charge on any atom is 0.236 e. The van der Waals surface area contributed by atoms with Crippen LogP contribution in [0.3, 0.4) is 0 Å². The number of hydrogen-bond acceptors (Lipinski definition) is 5. The minimum Gasteiger partial charge on any atom is -0.493 e. The number of carbonyl (C=O) groups is 1. The van der Waals surface area contributed by atoms with Gasteiger partial charge in [-0.15, -0.1) is 0 Å². The van der Waals surface area contributed by atoms with Crippen molar-refractivity contribution in [3.63, 3.8) is 0 Å². The van der Waals surface area contributed by atoms with E-state index >= 15 is 0 Å². The van der Waals surface area contributed by atoms with Gasteiger partial charge < -0.3 is 25.3 Å². The fourth-order valence-electron chi connectivity index (χ4n) is 1.65. The maximum absolute atomic E-state index is 11.5. The minimum atomic E-state index is -0.550. The molecule has 19 heavy (non-hydrogen) atoms. The molecule has 0 spiro atoms. The summed E-state index contributed by atoms with van der Waals surface area (Å²) in [4.78, 5) is 11.5. The van der Waals surface area contributed by atoms with Gasteiger partial charge in [0.1, 0.15) is 0 Å². The first-order valence-electron chi connectivity index (χ1n) is 5.86. The molecule has 1 aromatic rings. The molecule has 6 heteroatoms. The van der Waals surface area contributed by atoms with Gasteiger partial charge in [0.15, 0.2) is 11.5 Å². The van der Waals surface area contributed by atoms with Gasteiger partial charge in [-0.2, -0.15) is 0 Å². The molecule has 1 amide bonds. The standard InChI is InChI=1S/C13H20N2O4/c1-8(14)13(16)15-7-9-5-6-10(17-2)12(19-4)11(9)18-3/h5-6,8H,7,14H2,1-4H3,(H,15,16)/t8-/m1/s1. The van der Waals surface area contributed by atoms with Crippen LogP contribution in [-0.4, -0.2) is 33.3 Å². The zero-order valence-corrected chi connectivity index (χ0v) is 11.6.